The van der Waals surface area contributed by atoms with Gasteiger partial charge in [0, 0.05) is 12.1 Å². The number of nitrogens with one attached hydrogen (secondary N) is 1. The number of alkyl halides is 3. The summed E-state index contributed by atoms with van der Waals surface area (Å²) >= 11 is 3.35. The summed E-state index contributed by atoms with van der Waals surface area (Å²) in [5.41, 5.74) is 1.54. The number of rotatable bonds is 2. The van der Waals surface area contributed by atoms with Crippen LogP contribution >= 0.6 is 15.9 Å². The maximum Gasteiger partial charge on any atom is 0.573 e. The lowest BCUT2D eigenvalue weighted by atomic mass is 10.1. The van der Waals surface area contributed by atoms with Crippen LogP contribution in [0.4, 0.5) is 13.2 Å². The molecule has 1 N–H and O–H groups in total. The minimum atomic E-state index is -4.75. The van der Waals surface area contributed by atoms with Crippen LogP contribution in [0.15, 0.2) is 33.7 Å². The molecule has 1 aliphatic heterocycles. The van der Waals surface area contributed by atoms with Gasteiger partial charge in [-0.3, -0.25) is 4.79 Å². The molecule has 0 amide bonds. The molecule has 23 heavy (non-hydrogen) atoms. The van der Waals surface area contributed by atoms with Crippen LogP contribution in [-0.4, -0.2) is 22.7 Å². The second-order valence-corrected chi connectivity index (χ2v) is 5.68. The molecule has 1 aromatic carbocycles. The summed E-state index contributed by atoms with van der Waals surface area (Å²) in [7, 11) is 0. The van der Waals surface area contributed by atoms with Crippen molar-refractivity contribution in [3.05, 3.63) is 50.3 Å². The third-order valence-electron chi connectivity index (χ3n) is 3.42. The van der Waals surface area contributed by atoms with E-state index < -0.39 is 6.36 Å². The van der Waals surface area contributed by atoms with Gasteiger partial charge in [-0.15, -0.1) is 13.2 Å². The molecule has 0 bridgehead atoms. The summed E-state index contributed by atoms with van der Waals surface area (Å²) in [6.45, 7) is 1.20. The Labute approximate surface area is 137 Å². The zero-order chi connectivity index (χ0) is 16.6. The lowest BCUT2D eigenvalue weighted by Gasteiger charge is -2.19. The molecule has 5 nitrogen and oxygen atoms in total. The summed E-state index contributed by atoms with van der Waals surface area (Å²) in [4.78, 5) is 12.5. The van der Waals surface area contributed by atoms with Crippen molar-refractivity contribution in [1.29, 1.82) is 0 Å². The van der Waals surface area contributed by atoms with E-state index >= 15 is 0 Å². The minimum Gasteiger partial charge on any atom is -0.406 e. The van der Waals surface area contributed by atoms with Gasteiger partial charge in [0.05, 0.1) is 5.69 Å². The van der Waals surface area contributed by atoms with Crippen LogP contribution in [0.1, 0.15) is 11.1 Å². The van der Waals surface area contributed by atoms with Gasteiger partial charge >= 0.3 is 6.36 Å². The Balaban J connectivity index is 1.99. The molecule has 0 atom stereocenters. The van der Waals surface area contributed by atoms with Gasteiger partial charge in [0.25, 0.3) is 5.56 Å². The predicted octanol–water partition coefficient (Wildman–Crippen LogP) is 2.54. The van der Waals surface area contributed by atoms with Gasteiger partial charge in [-0.05, 0) is 58.7 Å². The van der Waals surface area contributed by atoms with E-state index in [-0.39, 0.29) is 11.3 Å². The van der Waals surface area contributed by atoms with Crippen LogP contribution < -0.4 is 15.6 Å². The van der Waals surface area contributed by atoms with E-state index in [0.717, 1.165) is 28.9 Å². The number of benzene rings is 1. The molecule has 0 saturated heterocycles. The van der Waals surface area contributed by atoms with Crippen LogP contribution in [0.25, 0.3) is 5.69 Å². The SMILES string of the molecule is O=c1c2c(c(Br)nn1-c1ccc(OC(F)(F)F)cc1)CCNC2. The fourth-order valence-corrected chi connectivity index (χ4v) is 3.00. The van der Waals surface area contributed by atoms with Crippen molar-refractivity contribution in [3.8, 4) is 11.4 Å². The Bertz CT molecular complexity index is 788. The van der Waals surface area contributed by atoms with Crippen molar-refractivity contribution in [1.82, 2.24) is 15.1 Å². The zero-order valence-corrected chi connectivity index (χ0v) is 13.2. The molecular formula is C14H11BrF3N3O2. The first-order valence-corrected chi connectivity index (χ1v) is 7.52. The standard InChI is InChI=1S/C14H11BrF3N3O2/c15-12-10-5-6-19-7-11(10)13(22)21(20-12)8-1-3-9(4-2-8)23-14(16,17)18/h1-4,19H,5-7H2. The van der Waals surface area contributed by atoms with Gasteiger partial charge in [0.1, 0.15) is 10.4 Å². The van der Waals surface area contributed by atoms with Crippen LogP contribution in [0.3, 0.4) is 0 Å². The van der Waals surface area contributed by atoms with E-state index in [1.165, 1.54) is 12.1 Å². The molecule has 0 aliphatic carbocycles. The first-order chi connectivity index (χ1) is 10.8. The highest BCUT2D eigenvalue weighted by atomic mass is 79.9. The number of hydrogen-bond donors (Lipinski definition) is 1. The van der Waals surface area contributed by atoms with E-state index in [1.807, 2.05) is 0 Å². The molecule has 0 fully saturated rings. The fraction of sp³-hybridized carbons (Fsp3) is 0.286. The van der Waals surface area contributed by atoms with Gasteiger partial charge in [-0.25, -0.2) is 0 Å². The fourth-order valence-electron chi connectivity index (χ4n) is 2.40. The molecule has 1 aromatic heterocycles. The number of aromatic nitrogens is 2. The van der Waals surface area contributed by atoms with Gasteiger partial charge in [0.15, 0.2) is 0 Å². The molecule has 0 radical (unpaired) electrons. The highest BCUT2D eigenvalue weighted by molar-refractivity contribution is 9.10. The lowest BCUT2D eigenvalue weighted by Crippen LogP contribution is -2.35. The van der Waals surface area contributed by atoms with Crippen LogP contribution in [0.5, 0.6) is 5.75 Å². The van der Waals surface area contributed by atoms with Crippen molar-refractivity contribution < 1.29 is 17.9 Å². The molecule has 122 valence electrons. The number of hydrogen-bond acceptors (Lipinski definition) is 4. The highest BCUT2D eigenvalue weighted by Crippen LogP contribution is 2.24. The summed E-state index contributed by atoms with van der Waals surface area (Å²) in [5.74, 6) is -0.354. The number of halogens is 4. The van der Waals surface area contributed by atoms with Crippen molar-refractivity contribution in [2.75, 3.05) is 6.54 Å². The topological polar surface area (TPSA) is 56.2 Å². The maximum absolute atomic E-state index is 12.5. The summed E-state index contributed by atoms with van der Waals surface area (Å²) in [6.07, 6.45) is -4.06. The van der Waals surface area contributed by atoms with Gasteiger partial charge in [-0.2, -0.15) is 9.78 Å². The molecular weight excluding hydrogens is 379 g/mol. The van der Waals surface area contributed by atoms with Crippen molar-refractivity contribution >= 4 is 15.9 Å². The quantitative estimate of drug-likeness (QED) is 0.857. The molecule has 9 heteroatoms. The van der Waals surface area contributed by atoms with E-state index in [0.29, 0.717) is 28.8 Å². The molecule has 0 saturated carbocycles. The van der Waals surface area contributed by atoms with Crippen LogP contribution in [0, 0.1) is 0 Å². The summed E-state index contributed by atoms with van der Waals surface area (Å²) in [6, 6.07) is 4.99. The third kappa shape index (κ3) is 3.40. The zero-order valence-electron chi connectivity index (χ0n) is 11.7. The average Bonchev–Trinajstić information content (AvgIpc) is 2.50. The van der Waals surface area contributed by atoms with Crippen LogP contribution in [-0.2, 0) is 13.0 Å². The summed E-state index contributed by atoms with van der Waals surface area (Å²) < 4.78 is 42.0. The molecule has 0 spiro atoms. The number of ether oxygens (including phenoxy) is 1. The monoisotopic (exact) mass is 389 g/mol. The Hall–Kier alpha value is -1.87. The Morgan fingerprint density at radius 3 is 2.57 bits per heavy atom. The smallest absolute Gasteiger partial charge is 0.406 e. The van der Waals surface area contributed by atoms with Crippen LogP contribution in [0.2, 0.25) is 0 Å². The van der Waals surface area contributed by atoms with E-state index in [1.54, 1.807) is 0 Å². The molecule has 0 unspecified atom stereocenters. The second kappa shape index (κ2) is 5.97. The predicted molar refractivity (Wildman–Crippen MR) is 79.6 cm³/mol. The van der Waals surface area contributed by atoms with Gasteiger partial charge in [-0.1, -0.05) is 0 Å². The highest BCUT2D eigenvalue weighted by Gasteiger charge is 2.31. The first-order valence-electron chi connectivity index (χ1n) is 6.72. The van der Waals surface area contributed by atoms with Gasteiger partial charge in [0.2, 0.25) is 0 Å². The molecule has 1 aliphatic rings. The van der Waals surface area contributed by atoms with E-state index in [9.17, 15) is 18.0 Å². The van der Waals surface area contributed by atoms with Gasteiger partial charge < -0.3 is 10.1 Å². The molecule has 3 rings (SSSR count). The average molecular weight is 390 g/mol. The molecule has 2 aromatic rings. The van der Waals surface area contributed by atoms with Crippen molar-refractivity contribution in [2.24, 2.45) is 0 Å². The van der Waals surface area contributed by atoms with Crippen molar-refractivity contribution in [2.45, 2.75) is 19.3 Å². The number of nitrogens with zero attached hydrogens (tertiary/aromatic N) is 2. The Morgan fingerprint density at radius 1 is 1.22 bits per heavy atom. The number of fused-ring (bicyclic) bond motifs is 1. The largest absolute Gasteiger partial charge is 0.573 e. The van der Waals surface area contributed by atoms with E-state index in [4.69, 9.17) is 0 Å². The lowest BCUT2D eigenvalue weighted by molar-refractivity contribution is -0.274. The normalized spacial score (nSPS) is 14.4. The first kappa shape index (κ1) is 16.0. The minimum absolute atomic E-state index is 0.292. The maximum atomic E-state index is 12.5. The molecule has 2 heterocycles. The second-order valence-electron chi connectivity index (χ2n) is 4.93. The Morgan fingerprint density at radius 2 is 1.91 bits per heavy atom. The van der Waals surface area contributed by atoms with E-state index in [2.05, 4.69) is 31.1 Å². The van der Waals surface area contributed by atoms with Crippen molar-refractivity contribution in [3.63, 3.8) is 0 Å². The Kier molecular flexibility index (Phi) is 4.15. The third-order valence-corrected chi connectivity index (χ3v) is 4.06. The summed E-state index contributed by atoms with van der Waals surface area (Å²) in [5, 5.41) is 7.31.